The fourth-order valence-electron chi connectivity index (χ4n) is 2.66. The highest BCUT2D eigenvalue weighted by Crippen LogP contribution is 2.38. The van der Waals surface area contributed by atoms with Crippen LogP contribution in [0.5, 0.6) is 11.5 Å². The van der Waals surface area contributed by atoms with E-state index in [-0.39, 0.29) is 11.6 Å². The Morgan fingerprint density at radius 2 is 1.97 bits per heavy atom. The van der Waals surface area contributed by atoms with Gasteiger partial charge < -0.3 is 14.2 Å². The molecule has 1 aliphatic heterocycles. The molecule has 0 radical (unpaired) electrons. The van der Waals surface area contributed by atoms with Crippen molar-refractivity contribution in [2.75, 3.05) is 13.2 Å². The Balaban J connectivity index is 1.93. The number of ether oxygens (including phenoxy) is 3. The molecular formula is C23H22ClNO4. The van der Waals surface area contributed by atoms with E-state index in [9.17, 15) is 4.79 Å². The van der Waals surface area contributed by atoms with Crippen LogP contribution in [0.3, 0.4) is 0 Å². The summed E-state index contributed by atoms with van der Waals surface area (Å²) in [4.78, 5) is 16.6. The van der Waals surface area contributed by atoms with Gasteiger partial charge in [0.2, 0.25) is 5.90 Å². The molecule has 29 heavy (non-hydrogen) atoms. The summed E-state index contributed by atoms with van der Waals surface area (Å²) in [6.45, 7) is 10.3. The van der Waals surface area contributed by atoms with Crippen molar-refractivity contribution in [3.8, 4) is 11.5 Å². The number of halogens is 1. The molecule has 0 fully saturated rings. The fraction of sp³-hybridized carbons (Fsp3) is 0.217. The Morgan fingerprint density at radius 1 is 1.24 bits per heavy atom. The Morgan fingerprint density at radius 3 is 2.62 bits per heavy atom. The van der Waals surface area contributed by atoms with Crippen molar-refractivity contribution < 1.29 is 19.0 Å². The first-order valence-corrected chi connectivity index (χ1v) is 9.58. The van der Waals surface area contributed by atoms with Crippen LogP contribution in [0.1, 0.15) is 30.5 Å². The highest BCUT2D eigenvalue weighted by molar-refractivity contribution is 6.32. The second-order valence-corrected chi connectivity index (χ2v) is 7.12. The number of aliphatic imine (C=N–C) groups is 1. The average molecular weight is 412 g/mol. The maximum atomic E-state index is 12.3. The van der Waals surface area contributed by atoms with Gasteiger partial charge in [-0.15, -0.1) is 0 Å². The number of aryl methyl sites for hydroxylation is 1. The average Bonchev–Trinajstić information content (AvgIpc) is 3.02. The van der Waals surface area contributed by atoms with E-state index >= 15 is 0 Å². The lowest BCUT2D eigenvalue weighted by Crippen LogP contribution is -2.05. The van der Waals surface area contributed by atoms with Crippen molar-refractivity contribution in [1.82, 2.24) is 0 Å². The zero-order valence-electron chi connectivity index (χ0n) is 16.6. The maximum absolute atomic E-state index is 12.3. The largest absolute Gasteiger partial charge is 0.490 e. The lowest BCUT2D eigenvalue weighted by atomic mass is 10.1. The Labute approximate surface area is 175 Å². The molecule has 0 saturated carbocycles. The third kappa shape index (κ3) is 5.06. The minimum atomic E-state index is -0.516. The summed E-state index contributed by atoms with van der Waals surface area (Å²) in [5.74, 6) is 0.690. The van der Waals surface area contributed by atoms with Crippen molar-refractivity contribution in [2.24, 2.45) is 4.99 Å². The van der Waals surface area contributed by atoms with Crippen molar-refractivity contribution in [3.05, 3.63) is 76.0 Å². The molecule has 0 N–H and O–H groups in total. The van der Waals surface area contributed by atoms with E-state index in [1.54, 1.807) is 18.2 Å². The van der Waals surface area contributed by atoms with E-state index in [0.717, 1.165) is 16.7 Å². The van der Waals surface area contributed by atoms with Gasteiger partial charge in [-0.05, 0) is 62.2 Å². The summed E-state index contributed by atoms with van der Waals surface area (Å²) in [5, 5.41) is 0.373. The number of hydrogen-bond acceptors (Lipinski definition) is 5. The third-order valence-corrected chi connectivity index (χ3v) is 4.30. The number of hydrogen-bond donors (Lipinski definition) is 0. The van der Waals surface area contributed by atoms with Gasteiger partial charge in [-0.25, -0.2) is 9.79 Å². The SMILES string of the molecule is C=C(C)COc1c(Cl)cc(/C=C2\N=C(c3ccc(C)cc3)OC2=O)cc1OCC. The number of carbonyl (C=O) groups excluding carboxylic acids is 1. The van der Waals surface area contributed by atoms with E-state index in [1.807, 2.05) is 45.0 Å². The van der Waals surface area contributed by atoms with E-state index in [2.05, 4.69) is 11.6 Å². The molecule has 150 valence electrons. The van der Waals surface area contributed by atoms with Gasteiger partial charge in [0, 0.05) is 5.56 Å². The lowest BCUT2D eigenvalue weighted by Gasteiger charge is -2.14. The highest BCUT2D eigenvalue weighted by atomic mass is 35.5. The molecule has 3 rings (SSSR count). The Bertz CT molecular complexity index is 1010. The fourth-order valence-corrected chi connectivity index (χ4v) is 2.93. The smallest absolute Gasteiger partial charge is 0.363 e. The molecular weight excluding hydrogens is 390 g/mol. The van der Waals surface area contributed by atoms with Crippen LogP contribution in [-0.4, -0.2) is 25.1 Å². The zero-order chi connectivity index (χ0) is 21.0. The van der Waals surface area contributed by atoms with E-state index < -0.39 is 5.97 Å². The first-order valence-electron chi connectivity index (χ1n) is 9.20. The summed E-state index contributed by atoms with van der Waals surface area (Å²) in [6.07, 6.45) is 1.61. The highest BCUT2D eigenvalue weighted by Gasteiger charge is 2.24. The number of rotatable bonds is 7. The monoisotopic (exact) mass is 411 g/mol. The first kappa shape index (κ1) is 20.7. The Hall–Kier alpha value is -3.05. The van der Waals surface area contributed by atoms with Gasteiger partial charge in [0.1, 0.15) is 6.61 Å². The van der Waals surface area contributed by atoms with Crippen molar-refractivity contribution in [3.63, 3.8) is 0 Å². The molecule has 0 spiro atoms. The number of carbonyl (C=O) groups is 1. The van der Waals surface area contributed by atoms with Gasteiger partial charge in [0.25, 0.3) is 0 Å². The van der Waals surface area contributed by atoms with Crippen LogP contribution < -0.4 is 9.47 Å². The Kier molecular flexibility index (Phi) is 6.39. The van der Waals surface area contributed by atoms with Crippen LogP contribution in [0, 0.1) is 6.92 Å². The number of esters is 1. The summed E-state index contributed by atoms with van der Waals surface area (Å²) in [5.41, 5.74) is 3.56. The summed E-state index contributed by atoms with van der Waals surface area (Å²) < 4.78 is 16.7. The standard InChI is InChI=1S/C23H22ClNO4/c1-5-27-20-12-16(10-18(24)21(20)28-13-14(2)3)11-19-23(26)29-22(25-19)17-8-6-15(4)7-9-17/h6-12H,2,5,13H2,1,3-4H3/b19-11-. The molecule has 1 heterocycles. The van der Waals surface area contributed by atoms with E-state index in [1.165, 1.54) is 0 Å². The molecule has 2 aromatic carbocycles. The van der Waals surface area contributed by atoms with Crippen LogP contribution in [0.2, 0.25) is 5.02 Å². The summed E-state index contributed by atoms with van der Waals surface area (Å²) in [6, 6.07) is 11.0. The minimum absolute atomic E-state index is 0.190. The van der Waals surface area contributed by atoms with Crippen molar-refractivity contribution >= 4 is 29.5 Å². The molecule has 0 aliphatic carbocycles. The second-order valence-electron chi connectivity index (χ2n) is 6.71. The molecule has 2 aromatic rings. The van der Waals surface area contributed by atoms with Gasteiger partial charge in [-0.1, -0.05) is 35.9 Å². The van der Waals surface area contributed by atoms with Gasteiger partial charge in [-0.2, -0.15) is 0 Å². The topological polar surface area (TPSA) is 57.1 Å². The van der Waals surface area contributed by atoms with Crippen LogP contribution in [0.15, 0.2) is 59.2 Å². The van der Waals surface area contributed by atoms with Crippen molar-refractivity contribution in [1.29, 1.82) is 0 Å². The van der Waals surface area contributed by atoms with Gasteiger partial charge in [0.15, 0.2) is 17.2 Å². The van der Waals surface area contributed by atoms with E-state index in [0.29, 0.717) is 35.3 Å². The molecule has 6 heteroatoms. The predicted molar refractivity (Wildman–Crippen MR) is 115 cm³/mol. The van der Waals surface area contributed by atoms with Crippen LogP contribution >= 0.6 is 11.6 Å². The predicted octanol–water partition coefficient (Wildman–Crippen LogP) is 5.35. The number of benzene rings is 2. The van der Waals surface area contributed by atoms with E-state index in [4.69, 9.17) is 25.8 Å². The van der Waals surface area contributed by atoms with Gasteiger partial charge in [-0.3, -0.25) is 0 Å². The first-order chi connectivity index (χ1) is 13.9. The zero-order valence-corrected chi connectivity index (χ0v) is 17.4. The minimum Gasteiger partial charge on any atom is -0.490 e. The summed E-state index contributed by atoms with van der Waals surface area (Å²) in [7, 11) is 0. The molecule has 0 saturated heterocycles. The van der Waals surface area contributed by atoms with Crippen LogP contribution in [-0.2, 0) is 9.53 Å². The van der Waals surface area contributed by atoms with Gasteiger partial charge in [0.05, 0.1) is 11.6 Å². The molecule has 1 aliphatic rings. The number of nitrogens with zero attached hydrogens (tertiary/aromatic N) is 1. The van der Waals surface area contributed by atoms with Crippen LogP contribution in [0.4, 0.5) is 0 Å². The lowest BCUT2D eigenvalue weighted by molar-refractivity contribution is -0.129. The molecule has 0 unspecified atom stereocenters. The normalized spacial score (nSPS) is 14.6. The number of cyclic esters (lactones) is 1. The molecule has 0 atom stereocenters. The summed E-state index contributed by atoms with van der Waals surface area (Å²) >= 11 is 6.40. The molecule has 0 aromatic heterocycles. The third-order valence-electron chi connectivity index (χ3n) is 4.02. The second kappa shape index (κ2) is 8.97. The van der Waals surface area contributed by atoms with Gasteiger partial charge >= 0.3 is 5.97 Å². The molecule has 0 bridgehead atoms. The van der Waals surface area contributed by atoms with Crippen LogP contribution in [0.25, 0.3) is 6.08 Å². The maximum Gasteiger partial charge on any atom is 0.363 e. The molecule has 5 nitrogen and oxygen atoms in total. The quantitative estimate of drug-likeness (QED) is 0.350. The van der Waals surface area contributed by atoms with Crippen molar-refractivity contribution in [2.45, 2.75) is 20.8 Å². The molecule has 0 amide bonds.